The number of alkyl halides is 12. The Kier molecular flexibility index (Phi) is 31.6. The molecule has 738 valence electrons. The number of nitrogens with zero attached hydrogens (tertiary/aromatic N) is 12. The largest absolute Gasteiger partial charge is 0.437 e. The van der Waals surface area contributed by atoms with Crippen LogP contribution in [0, 0.1) is 21.7 Å². The van der Waals surface area contributed by atoms with E-state index in [2.05, 4.69) is 129 Å². The fourth-order valence-electron chi connectivity index (χ4n) is 22.0. The molecule has 12 aliphatic heterocycles. The fraction of sp³-hybridized carbons (Fsp3) is 0.701. The molecule has 0 bridgehead atoms. The summed E-state index contributed by atoms with van der Waals surface area (Å²) in [7, 11) is -3.25. The van der Waals surface area contributed by atoms with E-state index < -0.39 is 83.5 Å². The molecule has 0 aromatic heterocycles. The molecule has 9 fully saturated rings. The monoisotopic (exact) mass is 1900 g/mol. The number of likely N-dealkylation sites (tertiary alicyclic amines) is 8. The van der Waals surface area contributed by atoms with E-state index in [1.807, 2.05) is 11.0 Å². The number of amides is 5. The zero-order chi connectivity index (χ0) is 95.5. The molecule has 8 saturated heterocycles. The average Bonchev–Trinajstić information content (AvgIpc) is 1.62. The van der Waals surface area contributed by atoms with Gasteiger partial charge in [-0.1, -0.05) is 72.8 Å². The maximum absolute atomic E-state index is 12.7. The van der Waals surface area contributed by atoms with Crippen LogP contribution in [0.25, 0.3) is 0 Å². The molecule has 4 aromatic carbocycles. The van der Waals surface area contributed by atoms with Crippen molar-refractivity contribution in [1.29, 1.82) is 0 Å². The quantitative estimate of drug-likeness (QED) is 0.0804. The Balaban J connectivity index is 0.000000142. The van der Waals surface area contributed by atoms with Gasteiger partial charge in [0.1, 0.15) is 0 Å². The first-order valence-corrected chi connectivity index (χ1v) is 49.6. The van der Waals surface area contributed by atoms with Gasteiger partial charge in [0.2, 0.25) is 15.9 Å². The smallest absolute Gasteiger partial charge is 0.425 e. The number of halogens is 12. The van der Waals surface area contributed by atoms with Gasteiger partial charge in [-0.2, -0.15) is 57.0 Å². The Morgan fingerprint density at radius 1 is 0.353 bits per heavy atom. The molecule has 13 aliphatic rings. The molecular formula is C97H134F12N12O11S. The third-order valence-corrected chi connectivity index (χ3v) is 32.4. The molecule has 1 saturated carbocycles. The summed E-state index contributed by atoms with van der Waals surface area (Å²) in [6.07, 6.45) is -11.8. The number of rotatable bonds is 15. The molecule has 133 heavy (non-hydrogen) atoms. The van der Waals surface area contributed by atoms with Crippen molar-refractivity contribution in [2.24, 2.45) is 21.7 Å². The topological polar surface area (TPSA) is 195 Å². The van der Waals surface area contributed by atoms with Crippen molar-refractivity contribution in [3.63, 3.8) is 0 Å². The zero-order valence-electron chi connectivity index (χ0n) is 78.2. The van der Waals surface area contributed by atoms with E-state index in [1.54, 1.807) is 6.92 Å². The average molecular weight is 1900 g/mol. The van der Waals surface area contributed by atoms with Gasteiger partial charge in [0, 0.05) is 176 Å². The minimum absolute atomic E-state index is 0.0417. The lowest BCUT2D eigenvalue weighted by Crippen LogP contribution is -2.46. The Morgan fingerprint density at radius 3 is 0.910 bits per heavy atom. The van der Waals surface area contributed by atoms with E-state index in [0.717, 1.165) is 246 Å². The third kappa shape index (κ3) is 25.6. The lowest BCUT2D eigenvalue weighted by molar-refractivity contribution is -0.200. The van der Waals surface area contributed by atoms with Gasteiger partial charge in [-0.25, -0.2) is 27.6 Å². The van der Waals surface area contributed by atoms with Gasteiger partial charge in [0.05, 0.1) is 6.26 Å². The van der Waals surface area contributed by atoms with Crippen LogP contribution in [0.15, 0.2) is 72.8 Å². The second-order valence-electron chi connectivity index (χ2n) is 40.6. The molecule has 36 heteroatoms. The SMILES string of the molecule is CC(=O)N1CCc2cccc(CN3CCC4(CCN(C(=O)OC(C)C(F)(F)F)CC4)C3)c2C1.CC(C)N1CCc2cccc(CN3CCC4(CCN(C(=O)OC(C)C(F)(F)F)CC4)C3)c2C1.CC(OC(=O)N1CCC2(CCN(Cc3cccc4c3CN(C3CC3)CC4)C2)CC1)C(F)(F)F.CC(OC(=O)N1CCC2(CCN(Cc3cccc4c3CN(S(C)(=O)=O)CC4)C2)CC1)C(F)(F)F. The molecule has 17 rings (SSSR count). The van der Waals surface area contributed by atoms with Gasteiger partial charge < -0.3 is 43.4 Å². The highest BCUT2D eigenvalue weighted by Crippen LogP contribution is 2.48. The Hall–Kier alpha value is -7.74. The van der Waals surface area contributed by atoms with Gasteiger partial charge in [-0.15, -0.1) is 0 Å². The van der Waals surface area contributed by atoms with Crippen LogP contribution < -0.4 is 0 Å². The molecule has 4 spiro atoms. The van der Waals surface area contributed by atoms with E-state index in [0.29, 0.717) is 84.5 Å². The molecule has 4 unspecified atom stereocenters. The van der Waals surface area contributed by atoms with Gasteiger partial charge in [-0.05, 0) is 272 Å². The van der Waals surface area contributed by atoms with Crippen molar-refractivity contribution in [3.05, 3.63) is 140 Å². The van der Waals surface area contributed by atoms with Crippen LogP contribution in [0.4, 0.5) is 71.9 Å². The van der Waals surface area contributed by atoms with Gasteiger partial charge in [0.25, 0.3) is 0 Å². The van der Waals surface area contributed by atoms with Gasteiger partial charge >= 0.3 is 49.1 Å². The van der Waals surface area contributed by atoms with Crippen LogP contribution in [0.1, 0.15) is 205 Å². The van der Waals surface area contributed by atoms with Crippen LogP contribution in [-0.2, 0) is 112 Å². The first-order chi connectivity index (χ1) is 62.7. The lowest BCUT2D eigenvalue weighted by atomic mass is 9.78. The molecule has 4 atom stereocenters. The van der Waals surface area contributed by atoms with Crippen molar-refractivity contribution < 1.29 is 104 Å². The minimum atomic E-state index is -4.56. The van der Waals surface area contributed by atoms with E-state index >= 15 is 0 Å². The predicted molar refractivity (Wildman–Crippen MR) is 476 cm³/mol. The maximum Gasteiger partial charge on any atom is 0.425 e. The third-order valence-electron chi connectivity index (χ3n) is 31.1. The van der Waals surface area contributed by atoms with Crippen LogP contribution in [0.3, 0.4) is 0 Å². The lowest BCUT2D eigenvalue weighted by Gasteiger charge is -2.39. The highest BCUT2D eigenvalue weighted by Gasteiger charge is 2.51. The van der Waals surface area contributed by atoms with Gasteiger partial charge in [0.15, 0.2) is 24.4 Å². The summed E-state index contributed by atoms with van der Waals surface area (Å²) in [5.74, 6) is 0.102. The number of fused-ring (bicyclic) bond motifs is 4. The number of carbonyl (C=O) groups is 5. The van der Waals surface area contributed by atoms with Crippen molar-refractivity contribution in [3.8, 4) is 0 Å². The predicted octanol–water partition coefficient (Wildman–Crippen LogP) is 16.8. The highest BCUT2D eigenvalue weighted by molar-refractivity contribution is 7.88. The second-order valence-corrected chi connectivity index (χ2v) is 42.6. The summed E-state index contributed by atoms with van der Waals surface area (Å²) >= 11 is 0. The number of hydrogen-bond acceptors (Lipinski definition) is 17. The van der Waals surface area contributed by atoms with Crippen molar-refractivity contribution in [2.75, 3.05) is 137 Å². The normalized spacial score (nSPS) is 22.9. The Labute approximate surface area is 774 Å². The number of benzene rings is 4. The minimum Gasteiger partial charge on any atom is -0.437 e. The van der Waals surface area contributed by atoms with E-state index in [1.165, 1.54) is 105 Å². The van der Waals surface area contributed by atoms with Crippen LogP contribution in [-0.4, -0.2) is 295 Å². The standard InChI is InChI=1S/C25H34F3N3O2.C25H36F3N3O2.C24H32F3N3O3.C23H32F3N3O4S/c1-18(25(26,27)28)33-23(32)30-13-9-24(10-14-30)8-12-29(17-24)15-20-4-2-3-19-7-11-31(16-22(19)20)21-5-6-21;1-18(2)31-11-7-20-5-4-6-21(22(20)16-31)15-29-12-8-24(17-29)9-13-30(14-10-24)23(32)33-19(3)25(26,27)28;1-17(24(25,26)27)33-22(32)29-12-8-23(9-13-29)7-11-28(16-23)14-20-5-3-4-19-6-10-30(18(2)31)15-21(19)20;1-17(23(24,25)26)33-21(30)28-12-8-22(9-13-28)7-11-27(16-22)14-19-5-3-4-18-6-10-29(15-20(18)19)34(2,31)32/h2-4,18,21H,5-17H2,1H3;4-6,18-19H,7-17H2,1-3H3;3-5,17H,6-16H2,1-2H3;3-5,17H,6-16H2,1-2H3. The Morgan fingerprint density at radius 2 is 0.624 bits per heavy atom. The summed E-state index contributed by atoms with van der Waals surface area (Å²) in [6.45, 7) is 30.8. The molecule has 1 aliphatic carbocycles. The van der Waals surface area contributed by atoms with E-state index in [-0.39, 0.29) is 27.6 Å². The number of sulfonamides is 1. The molecular weight excluding hydrogens is 1770 g/mol. The molecule has 5 amide bonds. The molecule has 0 radical (unpaired) electrons. The highest BCUT2D eigenvalue weighted by atomic mass is 32.2. The van der Waals surface area contributed by atoms with Crippen molar-refractivity contribution in [2.45, 2.75) is 278 Å². The number of hydrogen-bond donors (Lipinski definition) is 0. The van der Waals surface area contributed by atoms with E-state index in [4.69, 9.17) is 0 Å². The van der Waals surface area contributed by atoms with Crippen molar-refractivity contribution >= 4 is 40.3 Å². The molecule has 23 nitrogen and oxygen atoms in total. The first-order valence-electron chi connectivity index (χ1n) is 47.8. The van der Waals surface area contributed by atoms with Crippen molar-refractivity contribution in [1.82, 2.24) is 58.2 Å². The number of piperidine rings is 4. The molecule has 0 N–H and O–H groups in total. The zero-order valence-corrected chi connectivity index (χ0v) is 79.0. The molecule has 12 heterocycles. The summed E-state index contributed by atoms with van der Waals surface area (Å²) in [5.41, 5.74) is 16.5. The fourth-order valence-corrected chi connectivity index (χ4v) is 22.8. The number of ether oxygens (including phenoxy) is 4. The number of carbonyl (C=O) groups excluding carboxylic acids is 5. The summed E-state index contributed by atoms with van der Waals surface area (Å²) in [5, 5.41) is 0. The maximum atomic E-state index is 12.7. The van der Waals surface area contributed by atoms with Crippen LogP contribution in [0.2, 0.25) is 0 Å². The van der Waals surface area contributed by atoms with E-state index in [9.17, 15) is 85.1 Å². The summed E-state index contributed by atoms with van der Waals surface area (Å²) < 4.78 is 196. The molecule has 4 aromatic rings. The summed E-state index contributed by atoms with van der Waals surface area (Å²) in [4.78, 5) is 83.1. The van der Waals surface area contributed by atoms with Crippen LogP contribution in [0.5, 0.6) is 0 Å². The second kappa shape index (κ2) is 41.5. The first kappa shape index (κ1) is 101. The Bertz CT molecular complexity index is 4700. The van der Waals surface area contributed by atoms with Gasteiger partial charge in [-0.3, -0.25) is 34.2 Å². The summed E-state index contributed by atoms with van der Waals surface area (Å²) in [6, 6.07) is 27.3. The van der Waals surface area contributed by atoms with Crippen LogP contribution >= 0.6 is 0 Å².